The van der Waals surface area contributed by atoms with Crippen molar-refractivity contribution in [2.75, 3.05) is 0 Å². The monoisotopic (exact) mass is 295 g/mol. The van der Waals surface area contributed by atoms with E-state index in [2.05, 4.69) is 0 Å². The zero-order valence-electron chi connectivity index (χ0n) is 9.27. The van der Waals surface area contributed by atoms with Crippen molar-refractivity contribution in [2.45, 2.75) is 24.1 Å². The van der Waals surface area contributed by atoms with Gasteiger partial charge in [-0.2, -0.15) is 8.42 Å². The first-order chi connectivity index (χ1) is 8.54. The molecule has 1 aliphatic rings. The van der Waals surface area contributed by atoms with E-state index in [-0.39, 0.29) is 4.90 Å². The smallest absolute Gasteiger partial charge is 0.349 e. The summed E-state index contributed by atoms with van der Waals surface area (Å²) in [6.45, 7) is 0. The number of hydrogen-bond acceptors (Lipinski definition) is 6. The van der Waals surface area contributed by atoms with Crippen molar-refractivity contribution in [3.8, 4) is 0 Å². The van der Waals surface area contributed by atoms with Crippen LogP contribution >= 0.6 is 0 Å². The van der Waals surface area contributed by atoms with Crippen LogP contribution in [0.1, 0.15) is 19.3 Å². The molecule has 1 rings (SSSR count). The van der Waals surface area contributed by atoms with Gasteiger partial charge in [0, 0.05) is 12.8 Å². The highest BCUT2D eigenvalue weighted by Gasteiger charge is 2.62. The van der Waals surface area contributed by atoms with Gasteiger partial charge in [-0.1, -0.05) is 0 Å². The molecule has 2 amide bonds. The Labute approximate surface area is 106 Å². The molecule has 0 aliphatic carbocycles. The quantitative estimate of drug-likeness (QED) is 0.394. The largest absolute Gasteiger partial charge is 0.481 e. The maximum Gasteiger partial charge on any atom is 0.349 e. The highest BCUT2D eigenvalue weighted by molar-refractivity contribution is 7.88. The number of carboxylic acid groups (broad SMARTS) is 2. The molecule has 0 aromatic rings. The molecule has 0 aromatic carbocycles. The predicted molar refractivity (Wildman–Crippen MR) is 55.3 cm³/mol. The number of rotatable bonds is 5. The van der Waals surface area contributed by atoms with E-state index in [0.29, 0.717) is 0 Å². The third-order valence-electron chi connectivity index (χ3n) is 2.56. The number of carbonyl (C=O) groups excluding carboxylic acids is 2. The number of likely N-dealkylation sites (tertiary alicyclic amines) is 1. The van der Waals surface area contributed by atoms with Gasteiger partial charge in [0.1, 0.15) is 0 Å². The molecule has 0 unspecified atom stereocenters. The second-order valence-corrected chi connectivity index (χ2v) is 5.38. The lowest BCUT2D eigenvalue weighted by Crippen LogP contribution is -2.62. The molecular formula is C8H9NO9S. The molecule has 0 radical (unpaired) electrons. The Balaban J connectivity index is 3.57. The van der Waals surface area contributed by atoms with Gasteiger partial charge >= 0.3 is 22.1 Å². The second-order valence-electron chi connectivity index (χ2n) is 3.76. The summed E-state index contributed by atoms with van der Waals surface area (Å²) >= 11 is 0. The van der Waals surface area contributed by atoms with Crippen LogP contribution in [0.25, 0.3) is 0 Å². The Kier molecular flexibility index (Phi) is 3.63. The van der Waals surface area contributed by atoms with E-state index in [0.717, 1.165) is 0 Å². The number of aliphatic carboxylic acids is 2. The van der Waals surface area contributed by atoms with Gasteiger partial charge in [-0.25, -0.2) is 9.69 Å². The summed E-state index contributed by atoms with van der Waals surface area (Å²) in [5.41, 5.74) is 0. The molecule has 0 aromatic heterocycles. The number of carboxylic acids is 2. The third-order valence-corrected chi connectivity index (χ3v) is 3.92. The van der Waals surface area contributed by atoms with Crippen LogP contribution in [-0.2, 0) is 29.3 Å². The van der Waals surface area contributed by atoms with E-state index in [9.17, 15) is 27.6 Å². The fourth-order valence-electron chi connectivity index (χ4n) is 1.75. The van der Waals surface area contributed by atoms with Gasteiger partial charge in [0.25, 0.3) is 4.87 Å². The van der Waals surface area contributed by atoms with E-state index >= 15 is 0 Å². The zero-order valence-corrected chi connectivity index (χ0v) is 10.1. The van der Waals surface area contributed by atoms with E-state index in [1.54, 1.807) is 0 Å². The van der Waals surface area contributed by atoms with Crippen LogP contribution in [0.15, 0.2) is 0 Å². The van der Waals surface area contributed by atoms with E-state index < -0.39 is 58.0 Å². The molecule has 1 heterocycles. The number of carbonyl (C=O) groups is 4. The minimum Gasteiger partial charge on any atom is -0.481 e. The average molecular weight is 295 g/mol. The van der Waals surface area contributed by atoms with Gasteiger partial charge in [0.2, 0.25) is 11.8 Å². The molecule has 19 heavy (non-hydrogen) atoms. The topological polar surface area (TPSA) is 166 Å². The molecule has 10 nitrogen and oxygen atoms in total. The van der Waals surface area contributed by atoms with Crippen molar-refractivity contribution < 1.29 is 42.4 Å². The molecule has 0 bridgehead atoms. The van der Waals surface area contributed by atoms with Crippen LogP contribution in [0.4, 0.5) is 0 Å². The lowest BCUT2D eigenvalue weighted by molar-refractivity contribution is -0.160. The summed E-state index contributed by atoms with van der Waals surface area (Å²) in [5.74, 6) is -6.58. The highest BCUT2D eigenvalue weighted by atomic mass is 32.2. The lowest BCUT2D eigenvalue weighted by Gasteiger charge is -2.32. The maximum atomic E-state index is 11.4. The molecular weight excluding hydrogens is 286 g/mol. The van der Waals surface area contributed by atoms with Crippen molar-refractivity contribution in [2.24, 2.45) is 0 Å². The number of imide groups is 1. The zero-order chi connectivity index (χ0) is 15.0. The van der Waals surface area contributed by atoms with E-state index in [4.69, 9.17) is 14.8 Å². The minimum atomic E-state index is -5.57. The lowest BCUT2D eigenvalue weighted by atomic mass is 10.1. The van der Waals surface area contributed by atoms with Gasteiger partial charge in [-0.3, -0.25) is 18.9 Å². The fourth-order valence-corrected chi connectivity index (χ4v) is 2.71. The van der Waals surface area contributed by atoms with Gasteiger partial charge in [-0.05, 0) is 0 Å². The molecule has 1 aliphatic heterocycles. The first kappa shape index (κ1) is 15.0. The molecule has 1 fully saturated rings. The van der Waals surface area contributed by atoms with Crippen molar-refractivity contribution in [1.29, 1.82) is 0 Å². The first-order valence-corrected chi connectivity index (χ1v) is 6.26. The summed E-state index contributed by atoms with van der Waals surface area (Å²) in [6.07, 6.45) is -2.56. The minimum absolute atomic E-state index is 0.210. The Morgan fingerprint density at radius 1 is 1.16 bits per heavy atom. The van der Waals surface area contributed by atoms with Gasteiger partial charge < -0.3 is 10.2 Å². The van der Waals surface area contributed by atoms with Gasteiger partial charge in [-0.15, -0.1) is 0 Å². The predicted octanol–water partition coefficient (Wildman–Crippen LogP) is -1.72. The average Bonchev–Trinajstić information content (AvgIpc) is 2.53. The van der Waals surface area contributed by atoms with Crippen LogP contribution in [0.2, 0.25) is 0 Å². The van der Waals surface area contributed by atoms with E-state index in [1.165, 1.54) is 0 Å². The van der Waals surface area contributed by atoms with Crippen LogP contribution in [0.5, 0.6) is 0 Å². The summed E-state index contributed by atoms with van der Waals surface area (Å²) < 4.78 is 31.6. The molecule has 1 saturated heterocycles. The molecule has 3 N–H and O–H groups in total. The van der Waals surface area contributed by atoms with Crippen molar-refractivity contribution in [3.63, 3.8) is 0 Å². The van der Waals surface area contributed by atoms with Crippen LogP contribution in [0, 0.1) is 0 Å². The van der Waals surface area contributed by atoms with E-state index in [1.807, 2.05) is 0 Å². The normalized spacial score (nSPS) is 19.3. The summed E-state index contributed by atoms with van der Waals surface area (Å²) in [7, 11) is -5.57. The standard InChI is InChI=1S/C8H9NO9S/c10-4-1-2-5(11)9(4)8(7(14)15,3-6(12)13)19(16,17)18/h1-3H2,(H,12,13)(H,14,15)(H,16,17,18)/t8-/m1/s1. The van der Waals surface area contributed by atoms with Gasteiger partial charge in [0.05, 0.1) is 6.42 Å². The van der Waals surface area contributed by atoms with Crippen LogP contribution < -0.4 is 0 Å². The third kappa shape index (κ3) is 2.29. The second kappa shape index (κ2) is 4.59. The first-order valence-electron chi connectivity index (χ1n) is 4.82. The van der Waals surface area contributed by atoms with Crippen LogP contribution in [0.3, 0.4) is 0 Å². The van der Waals surface area contributed by atoms with Crippen molar-refractivity contribution in [1.82, 2.24) is 4.90 Å². The Morgan fingerprint density at radius 2 is 1.58 bits per heavy atom. The summed E-state index contributed by atoms with van der Waals surface area (Å²) in [6, 6.07) is 0. The highest BCUT2D eigenvalue weighted by Crippen LogP contribution is 2.32. The number of amides is 2. The molecule has 1 atom stereocenters. The van der Waals surface area contributed by atoms with Gasteiger partial charge in [0.15, 0.2) is 0 Å². The Hall–Kier alpha value is -2.01. The van der Waals surface area contributed by atoms with Crippen molar-refractivity contribution >= 4 is 33.9 Å². The summed E-state index contributed by atoms with van der Waals surface area (Å²) in [4.78, 5) is 40.9. The SMILES string of the molecule is O=C(O)C[C@@](C(=O)O)(N1C(=O)CCC1=O)S(=O)(=O)O. The van der Waals surface area contributed by atoms with Crippen molar-refractivity contribution in [3.05, 3.63) is 0 Å². The van der Waals surface area contributed by atoms with Crippen LogP contribution in [-0.4, -0.2) is 56.7 Å². The fraction of sp³-hybridized carbons (Fsp3) is 0.500. The maximum absolute atomic E-state index is 11.4. The molecule has 11 heteroatoms. The molecule has 0 saturated carbocycles. The number of hydrogen-bond donors (Lipinski definition) is 3. The molecule has 106 valence electrons. The molecule has 0 spiro atoms. The Morgan fingerprint density at radius 3 is 1.84 bits per heavy atom. The number of nitrogens with zero attached hydrogens (tertiary/aromatic N) is 1. The summed E-state index contributed by atoms with van der Waals surface area (Å²) in [5, 5.41) is 17.6. The Bertz CT molecular complexity index is 549.